The van der Waals surface area contributed by atoms with Crippen molar-refractivity contribution in [2.75, 3.05) is 31.1 Å². The van der Waals surface area contributed by atoms with Gasteiger partial charge in [0.05, 0.1) is 5.69 Å². The second-order valence-corrected chi connectivity index (χ2v) is 7.27. The van der Waals surface area contributed by atoms with Crippen LogP contribution in [0.1, 0.15) is 27.6 Å². The molecule has 0 radical (unpaired) electrons. The largest absolute Gasteiger partial charge is 0.438 e. The van der Waals surface area contributed by atoms with Crippen LogP contribution in [0.5, 0.6) is 11.6 Å². The molecule has 1 aromatic heterocycles. The first kappa shape index (κ1) is 20.5. The van der Waals surface area contributed by atoms with E-state index in [-0.39, 0.29) is 17.6 Å². The number of aromatic nitrogens is 1. The minimum absolute atomic E-state index is 0.175. The Morgan fingerprint density at radius 3 is 2.39 bits per heavy atom. The number of hydrogen-bond acceptors (Lipinski definition) is 5. The molecule has 1 fully saturated rings. The molecule has 1 amide bonds. The zero-order valence-electron chi connectivity index (χ0n) is 17.1. The van der Waals surface area contributed by atoms with E-state index in [1.54, 1.807) is 47.5 Å². The average molecular weight is 419 g/mol. The Kier molecular flexibility index (Phi) is 5.93. The van der Waals surface area contributed by atoms with Gasteiger partial charge in [-0.05, 0) is 49.4 Å². The van der Waals surface area contributed by atoms with Crippen LogP contribution in [0.25, 0.3) is 0 Å². The zero-order chi connectivity index (χ0) is 21.8. The molecule has 0 atom stereocenters. The molecular weight excluding hydrogens is 397 g/mol. The molecule has 0 N–H and O–H groups in total. The highest BCUT2D eigenvalue weighted by molar-refractivity contribution is 5.96. The van der Waals surface area contributed by atoms with E-state index in [0.29, 0.717) is 48.7 Å². The van der Waals surface area contributed by atoms with Gasteiger partial charge in [0.15, 0.2) is 5.78 Å². The van der Waals surface area contributed by atoms with E-state index < -0.39 is 5.82 Å². The monoisotopic (exact) mass is 419 g/mol. The highest BCUT2D eigenvalue weighted by Crippen LogP contribution is 2.26. The number of pyridine rings is 1. The summed E-state index contributed by atoms with van der Waals surface area (Å²) in [6.07, 6.45) is 1.58. The number of carbonyl (C=O) groups excluding carboxylic acids is 2. The maximum atomic E-state index is 14.5. The number of halogens is 1. The van der Waals surface area contributed by atoms with Gasteiger partial charge in [-0.2, -0.15) is 0 Å². The van der Waals surface area contributed by atoms with E-state index in [4.69, 9.17) is 4.74 Å². The van der Waals surface area contributed by atoms with Gasteiger partial charge in [0.25, 0.3) is 5.91 Å². The maximum absolute atomic E-state index is 14.5. The van der Waals surface area contributed by atoms with Crippen LogP contribution in [-0.4, -0.2) is 47.8 Å². The number of benzene rings is 2. The SMILES string of the molecule is CC(=O)c1ccc(N2CCN(C(=O)c3cccnc3Oc3ccccc3)CC2)c(F)c1. The number of anilines is 1. The van der Waals surface area contributed by atoms with Crippen molar-refractivity contribution < 1.29 is 18.7 Å². The van der Waals surface area contributed by atoms with Crippen molar-refractivity contribution in [3.63, 3.8) is 0 Å². The van der Waals surface area contributed by atoms with Crippen LogP contribution in [0.3, 0.4) is 0 Å². The molecule has 6 nitrogen and oxygen atoms in total. The van der Waals surface area contributed by atoms with Crippen LogP contribution in [0, 0.1) is 5.82 Å². The molecule has 31 heavy (non-hydrogen) atoms. The molecule has 2 aromatic carbocycles. The number of ketones is 1. The van der Waals surface area contributed by atoms with E-state index in [1.807, 2.05) is 23.1 Å². The number of amides is 1. The molecular formula is C24H22FN3O3. The maximum Gasteiger partial charge on any atom is 0.259 e. The summed E-state index contributed by atoms with van der Waals surface area (Å²) in [5.41, 5.74) is 1.17. The van der Waals surface area contributed by atoms with Crippen molar-refractivity contribution >= 4 is 17.4 Å². The fraction of sp³-hybridized carbons (Fsp3) is 0.208. The third-order valence-corrected chi connectivity index (χ3v) is 5.22. The standard InChI is InChI=1S/C24H22FN3O3/c1-17(29)18-9-10-22(21(25)16-18)27-12-14-28(15-13-27)24(30)20-8-5-11-26-23(20)31-19-6-3-2-4-7-19/h2-11,16H,12-15H2,1H3. The van der Waals surface area contributed by atoms with Crippen molar-refractivity contribution in [3.05, 3.63) is 83.8 Å². The number of ether oxygens (including phenoxy) is 1. The van der Waals surface area contributed by atoms with Crippen molar-refractivity contribution in [2.45, 2.75) is 6.92 Å². The molecule has 4 rings (SSSR count). The Morgan fingerprint density at radius 2 is 1.71 bits per heavy atom. The van der Waals surface area contributed by atoms with Crippen LogP contribution in [0.2, 0.25) is 0 Å². The summed E-state index contributed by atoms with van der Waals surface area (Å²) in [4.78, 5) is 32.4. The van der Waals surface area contributed by atoms with E-state index in [2.05, 4.69) is 4.98 Å². The van der Waals surface area contributed by atoms with Crippen molar-refractivity contribution in [1.82, 2.24) is 9.88 Å². The van der Waals surface area contributed by atoms with Gasteiger partial charge in [-0.25, -0.2) is 9.37 Å². The highest BCUT2D eigenvalue weighted by atomic mass is 19.1. The first-order valence-corrected chi connectivity index (χ1v) is 10.1. The predicted octanol–water partition coefficient (Wildman–Crippen LogP) is 4.18. The van der Waals surface area contributed by atoms with E-state index in [1.165, 1.54) is 13.0 Å². The third kappa shape index (κ3) is 4.55. The van der Waals surface area contributed by atoms with Gasteiger partial charge in [-0.3, -0.25) is 9.59 Å². The molecule has 0 bridgehead atoms. The van der Waals surface area contributed by atoms with E-state index in [9.17, 15) is 14.0 Å². The Balaban J connectivity index is 1.45. The number of piperazine rings is 1. The number of rotatable bonds is 5. The summed E-state index contributed by atoms with van der Waals surface area (Å²) in [6.45, 7) is 3.25. The number of nitrogens with zero attached hydrogens (tertiary/aromatic N) is 3. The Labute approximate surface area is 179 Å². The van der Waals surface area contributed by atoms with Crippen LogP contribution < -0.4 is 9.64 Å². The molecule has 0 unspecified atom stereocenters. The van der Waals surface area contributed by atoms with Gasteiger partial charge in [-0.15, -0.1) is 0 Å². The zero-order valence-corrected chi connectivity index (χ0v) is 17.1. The molecule has 2 heterocycles. The van der Waals surface area contributed by atoms with Gasteiger partial charge >= 0.3 is 0 Å². The highest BCUT2D eigenvalue weighted by Gasteiger charge is 2.26. The smallest absolute Gasteiger partial charge is 0.259 e. The van der Waals surface area contributed by atoms with Gasteiger partial charge in [-0.1, -0.05) is 18.2 Å². The van der Waals surface area contributed by atoms with Crippen molar-refractivity contribution in [2.24, 2.45) is 0 Å². The third-order valence-electron chi connectivity index (χ3n) is 5.22. The van der Waals surface area contributed by atoms with Crippen LogP contribution in [0.15, 0.2) is 66.9 Å². The fourth-order valence-corrected chi connectivity index (χ4v) is 3.54. The molecule has 0 spiro atoms. The lowest BCUT2D eigenvalue weighted by molar-refractivity contribution is 0.0743. The van der Waals surface area contributed by atoms with Crippen LogP contribution >= 0.6 is 0 Å². The van der Waals surface area contributed by atoms with E-state index >= 15 is 0 Å². The quantitative estimate of drug-likeness (QED) is 0.581. The van der Waals surface area contributed by atoms with Gasteiger partial charge in [0.1, 0.15) is 17.1 Å². The summed E-state index contributed by atoms with van der Waals surface area (Å²) < 4.78 is 20.3. The minimum atomic E-state index is -0.432. The number of Topliss-reactive ketones (excluding diaryl/α,β-unsaturated/α-hetero) is 1. The van der Waals surface area contributed by atoms with Crippen molar-refractivity contribution in [3.8, 4) is 11.6 Å². The van der Waals surface area contributed by atoms with Gasteiger partial charge < -0.3 is 14.5 Å². The molecule has 7 heteroatoms. The summed E-state index contributed by atoms with van der Waals surface area (Å²) >= 11 is 0. The molecule has 3 aromatic rings. The summed E-state index contributed by atoms with van der Waals surface area (Å²) in [6, 6.07) is 17.1. The second kappa shape index (κ2) is 8.95. The lowest BCUT2D eigenvalue weighted by atomic mass is 10.1. The summed E-state index contributed by atoms with van der Waals surface area (Å²) in [7, 11) is 0. The summed E-state index contributed by atoms with van der Waals surface area (Å²) in [5, 5.41) is 0. The fourth-order valence-electron chi connectivity index (χ4n) is 3.54. The average Bonchev–Trinajstić information content (AvgIpc) is 2.80. The number of para-hydroxylation sites is 1. The lowest BCUT2D eigenvalue weighted by Gasteiger charge is -2.36. The van der Waals surface area contributed by atoms with Crippen LogP contribution in [-0.2, 0) is 0 Å². The second-order valence-electron chi connectivity index (χ2n) is 7.27. The molecule has 1 aliphatic heterocycles. The first-order valence-electron chi connectivity index (χ1n) is 10.1. The summed E-state index contributed by atoms with van der Waals surface area (Å²) in [5.74, 6) is 0.0757. The molecule has 158 valence electrons. The number of carbonyl (C=O) groups is 2. The van der Waals surface area contributed by atoms with Crippen LogP contribution in [0.4, 0.5) is 10.1 Å². The van der Waals surface area contributed by atoms with Crippen molar-refractivity contribution in [1.29, 1.82) is 0 Å². The first-order chi connectivity index (χ1) is 15.0. The molecule has 0 aliphatic carbocycles. The molecule has 1 aliphatic rings. The van der Waals surface area contributed by atoms with Gasteiger partial charge in [0.2, 0.25) is 5.88 Å². The minimum Gasteiger partial charge on any atom is -0.438 e. The molecule has 0 saturated carbocycles. The Hall–Kier alpha value is -3.74. The van der Waals surface area contributed by atoms with Gasteiger partial charge in [0, 0.05) is 37.9 Å². The topological polar surface area (TPSA) is 62.7 Å². The normalized spacial score (nSPS) is 13.7. The molecule has 1 saturated heterocycles. The Morgan fingerprint density at radius 1 is 0.968 bits per heavy atom. The lowest BCUT2D eigenvalue weighted by Crippen LogP contribution is -2.49. The Bertz CT molecular complexity index is 1100. The van der Waals surface area contributed by atoms with E-state index in [0.717, 1.165) is 0 Å². The predicted molar refractivity (Wildman–Crippen MR) is 115 cm³/mol. The number of hydrogen-bond donors (Lipinski definition) is 0.